The average Bonchev–Trinajstić information content (AvgIpc) is 2.50. The third-order valence-corrected chi connectivity index (χ3v) is 2.98. The van der Waals surface area contributed by atoms with Crippen LogP contribution in [-0.2, 0) is 4.74 Å². The van der Waals surface area contributed by atoms with E-state index in [-0.39, 0.29) is 22.9 Å². The Morgan fingerprint density at radius 1 is 1.27 bits per heavy atom. The molecule has 0 amide bonds. The molecule has 0 heterocycles. The lowest BCUT2D eigenvalue weighted by atomic mass is 10.2. The fourth-order valence-electron chi connectivity index (χ4n) is 1.75. The molecule has 0 aliphatic carbocycles. The molecule has 0 unspecified atom stereocenters. The van der Waals surface area contributed by atoms with E-state index in [4.69, 9.17) is 21.1 Å². The van der Waals surface area contributed by atoms with Gasteiger partial charge in [-0.2, -0.15) is 0 Å². The fraction of sp³-hybridized carbons (Fsp3) is 0.133. The number of carbonyl (C=O) groups is 1. The number of para-hydroxylation sites is 1. The van der Waals surface area contributed by atoms with Gasteiger partial charge in [0.05, 0.1) is 22.1 Å². The lowest BCUT2D eigenvalue weighted by Gasteiger charge is -2.09. The van der Waals surface area contributed by atoms with Crippen LogP contribution in [0.2, 0.25) is 5.02 Å². The van der Waals surface area contributed by atoms with Crippen molar-refractivity contribution < 1.29 is 19.2 Å². The van der Waals surface area contributed by atoms with Gasteiger partial charge in [-0.3, -0.25) is 10.1 Å². The molecular formula is C15H12ClNO5. The highest BCUT2D eigenvalue weighted by molar-refractivity contribution is 6.32. The van der Waals surface area contributed by atoms with Crippen molar-refractivity contribution in [3.63, 3.8) is 0 Å². The van der Waals surface area contributed by atoms with Crippen molar-refractivity contribution in [1.29, 1.82) is 0 Å². The van der Waals surface area contributed by atoms with Crippen molar-refractivity contribution in [2.45, 2.75) is 6.92 Å². The molecule has 2 aromatic rings. The van der Waals surface area contributed by atoms with Crippen molar-refractivity contribution in [2.75, 3.05) is 6.61 Å². The Morgan fingerprint density at radius 2 is 1.95 bits per heavy atom. The normalized spacial score (nSPS) is 10.1. The highest BCUT2D eigenvalue weighted by Gasteiger charge is 2.24. The molecule has 0 aromatic heterocycles. The molecule has 0 saturated carbocycles. The lowest BCUT2D eigenvalue weighted by molar-refractivity contribution is -0.385. The number of benzene rings is 2. The molecule has 0 bridgehead atoms. The Labute approximate surface area is 131 Å². The van der Waals surface area contributed by atoms with Crippen LogP contribution in [0.15, 0.2) is 42.5 Å². The van der Waals surface area contributed by atoms with Gasteiger partial charge in [0.15, 0.2) is 0 Å². The summed E-state index contributed by atoms with van der Waals surface area (Å²) in [7, 11) is 0. The zero-order valence-corrected chi connectivity index (χ0v) is 12.4. The second-order valence-corrected chi connectivity index (χ2v) is 4.61. The predicted octanol–water partition coefficient (Wildman–Crippen LogP) is 4.22. The van der Waals surface area contributed by atoms with Gasteiger partial charge < -0.3 is 9.47 Å². The van der Waals surface area contributed by atoms with Crippen LogP contribution in [-0.4, -0.2) is 17.5 Å². The number of carbonyl (C=O) groups excluding carboxylic acids is 1. The van der Waals surface area contributed by atoms with Crippen molar-refractivity contribution in [3.8, 4) is 11.5 Å². The lowest BCUT2D eigenvalue weighted by Crippen LogP contribution is -2.06. The topological polar surface area (TPSA) is 78.7 Å². The Kier molecular flexibility index (Phi) is 4.95. The fourth-order valence-corrected chi connectivity index (χ4v) is 2.01. The van der Waals surface area contributed by atoms with Gasteiger partial charge in [-0.05, 0) is 25.1 Å². The molecule has 2 aromatic carbocycles. The third-order valence-electron chi connectivity index (χ3n) is 2.69. The summed E-state index contributed by atoms with van der Waals surface area (Å²) in [4.78, 5) is 22.2. The Balaban J connectivity index is 2.45. The van der Waals surface area contributed by atoms with Gasteiger partial charge in [0.25, 0.3) is 0 Å². The summed E-state index contributed by atoms with van der Waals surface area (Å²) >= 11 is 6.04. The van der Waals surface area contributed by atoms with Gasteiger partial charge in [0, 0.05) is 6.07 Å². The summed E-state index contributed by atoms with van der Waals surface area (Å²) in [5.74, 6) is -0.402. The molecule has 0 atom stereocenters. The van der Waals surface area contributed by atoms with E-state index in [1.54, 1.807) is 37.3 Å². The highest BCUT2D eigenvalue weighted by Crippen LogP contribution is 2.39. The predicted molar refractivity (Wildman–Crippen MR) is 80.6 cm³/mol. The van der Waals surface area contributed by atoms with E-state index in [0.29, 0.717) is 5.75 Å². The van der Waals surface area contributed by atoms with E-state index in [1.165, 1.54) is 6.07 Å². The molecule has 0 aliphatic heterocycles. The third kappa shape index (κ3) is 3.53. The van der Waals surface area contributed by atoms with E-state index in [9.17, 15) is 14.9 Å². The van der Waals surface area contributed by atoms with Gasteiger partial charge in [0.1, 0.15) is 5.75 Å². The Morgan fingerprint density at radius 3 is 2.55 bits per heavy atom. The van der Waals surface area contributed by atoms with Crippen LogP contribution >= 0.6 is 11.6 Å². The minimum absolute atomic E-state index is 0.000961. The standard InChI is InChI=1S/C15H12ClNO5/c1-2-21-15(18)10-8-12(16)14(13(9-10)17(19)20)22-11-6-4-3-5-7-11/h3-9H,2H2,1H3. The van der Waals surface area contributed by atoms with E-state index in [1.807, 2.05) is 0 Å². The monoisotopic (exact) mass is 321 g/mol. The Hall–Kier alpha value is -2.60. The summed E-state index contributed by atoms with van der Waals surface area (Å²) in [5, 5.41) is 11.2. The van der Waals surface area contributed by atoms with Gasteiger partial charge in [-0.25, -0.2) is 4.79 Å². The second kappa shape index (κ2) is 6.91. The molecular weight excluding hydrogens is 310 g/mol. The van der Waals surface area contributed by atoms with E-state index >= 15 is 0 Å². The van der Waals surface area contributed by atoms with Crippen molar-refractivity contribution in [1.82, 2.24) is 0 Å². The van der Waals surface area contributed by atoms with Gasteiger partial charge in [-0.1, -0.05) is 29.8 Å². The van der Waals surface area contributed by atoms with Crippen LogP contribution < -0.4 is 4.74 Å². The van der Waals surface area contributed by atoms with Gasteiger partial charge in [-0.15, -0.1) is 0 Å². The van der Waals surface area contributed by atoms with Crippen LogP contribution in [0.5, 0.6) is 11.5 Å². The summed E-state index contributed by atoms with van der Waals surface area (Å²) < 4.78 is 10.3. The quantitative estimate of drug-likeness (QED) is 0.468. The maximum Gasteiger partial charge on any atom is 0.338 e. The number of nitrogens with zero attached hydrogens (tertiary/aromatic N) is 1. The van der Waals surface area contributed by atoms with Crippen LogP contribution in [0.3, 0.4) is 0 Å². The summed E-state index contributed by atoms with van der Waals surface area (Å²) in [6.45, 7) is 1.80. The minimum atomic E-state index is -0.682. The molecule has 0 fully saturated rings. The molecule has 0 aliphatic rings. The van der Waals surface area contributed by atoms with Crippen molar-refractivity contribution in [2.24, 2.45) is 0 Å². The molecule has 6 nitrogen and oxygen atoms in total. The number of rotatable bonds is 5. The van der Waals surface area contributed by atoms with Crippen LogP contribution in [0, 0.1) is 10.1 Å². The summed E-state index contributed by atoms with van der Waals surface area (Å²) in [5.41, 5.74) is -0.404. The first kappa shape index (κ1) is 15.8. The number of ether oxygens (including phenoxy) is 2. The minimum Gasteiger partial charge on any atom is -0.462 e. The summed E-state index contributed by atoms with van der Waals surface area (Å²) in [6, 6.07) is 10.9. The second-order valence-electron chi connectivity index (χ2n) is 4.20. The number of nitro benzene ring substituents is 1. The number of hydrogen-bond acceptors (Lipinski definition) is 5. The molecule has 0 N–H and O–H groups in total. The number of hydrogen-bond donors (Lipinski definition) is 0. The van der Waals surface area contributed by atoms with E-state index in [0.717, 1.165) is 6.07 Å². The zero-order chi connectivity index (χ0) is 16.1. The van der Waals surface area contributed by atoms with Crippen LogP contribution in [0.4, 0.5) is 5.69 Å². The number of nitro groups is 1. The van der Waals surface area contributed by atoms with Crippen LogP contribution in [0.1, 0.15) is 17.3 Å². The zero-order valence-electron chi connectivity index (χ0n) is 11.6. The van der Waals surface area contributed by atoms with Gasteiger partial charge >= 0.3 is 11.7 Å². The van der Waals surface area contributed by atoms with E-state index in [2.05, 4.69) is 0 Å². The maximum atomic E-state index is 11.7. The summed E-state index contributed by atoms with van der Waals surface area (Å²) in [6.07, 6.45) is 0. The van der Waals surface area contributed by atoms with Gasteiger partial charge in [0.2, 0.25) is 5.75 Å². The molecule has 114 valence electrons. The Bertz CT molecular complexity index is 703. The average molecular weight is 322 g/mol. The van der Waals surface area contributed by atoms with E-state index < -0.39 is 16.6 Å². The van der Waals surface area contributed by atoms with Crippen molar-refractivity contribution >= 4 is 23.3 Å². The maximum absolute atomic E-state index is 11.7. The molecule has 22 heavy (non-hydrogen) atoms. The first-order valence-corrected chi connectivity index (χ1v) is 6.78. The van der Waals surface area contributed by atoms with Crippen molar-refractivity contribution in [3.05, 3.63) is 63.2 Å². The first-order chi connectivity index (χ1) is 10.5. The first-order valence-electron chi connectivity index (χ1n) is 6.41. The molecule has 7 heteroatoms. The smallest absolute Gasteiger partial charge is 0.338 e. The number of esters is 1. The molecule has 0 saturated heterocycles. The molecule has 2 rings (SSSR count). The van der Waals surface area contributed by atoms with Crippen LogP contribution in [0.25, 0.3) is 0 Å². The SMILES string of the molecule is CCOC(=O)c1cc(Cl)c(Oc2ccccc2)c([N+](=O)[O-])c1. The molecule has 0 spiro atoms. The number of halogens is 1. The highest BCUT2D eigenvalue weighted by atomic mass is 35.5. The largest absolute Gasteiger partial charge is 0.462 e. The molecule has 0 radical (unpaired) electrons.